The van der Waals surface area contributed by atoms with Gasteiger partial charge in [-0.25, -0.2) is 0 Å². The first-order valence-electron chi connectivity index (χ1n) is 9.54. The molecule has 1 saturated carbocycles. The predicted octanol–water partition coefficient (Wildman–Crippen LogP) is 2.45. The van der Waals surface area contributed by atoms with E-state index in [9.17, 15) is 4.79 Å². The molecule has 3 rings (SSSR count). The van der Waals surface area contributed by atoms with Crippen LogP contribution < -0.4 is 0 Å². The van der Waals surface area contributed by atoms with Gasteiger partial charge in [-0.1, -0.05) is 44.2 Å². The van der Waals surface area contributed by atoms with Gasteiger partial charge in [0.1, 0.15) is 0 Å². The fraction of sp³-hybridized carbons (Fsp3) is 0.667. The first-order chi connectivity index (χ1) is 11.8. The molecule has 4 nitrogen and oxygen atoms in total. The van der Waals surface area contributed by atoms with Crippen LogP contribution >= 0.6 is 0 Å². The fourth-order valence-electron chi connectivity index (χ4n) is 4.33. The summed E-state index contributed by atoms with van der Waals surface area (Å²) >= 11 is 0. The van der Waals surface area contributed by atoms with Crippen LogP contribution in [0, 0.1) is 5.41 Å². The Morgan fingerprint density at radius 3 is 2.28 bits per heavy atom. The van der Waals surface area contributed by atoms with Crippen LogP contribution in [0.1, 0.15) is 32.3 Å². The summed E-state index contributed by atoms with van der Waals surface area (Å²) in [6.45, 7) is 10.7. The lowest BCUT2D eigenvalue weighted by Gasteiger charge is -2.33. The molecular formula is C21H33N3O. The van der Waals surface area contributed by atoms with Gasteiger partial charge in [0.15, 0.2) is 0 Å². The van der Waals surface area contributed by atoms with Crippen molar-refractivity contribution in [1.82, 2.24) is 14.7 Å². The molecule has 4 heteroatoms. The molecule has 2 aliphatic rings. The molecule has 0 aromatic heterocycles. The monoisotopic (exact) mass is 343 g/mol. The number of amides is 1. The van der Waals surface area contributed by atoms with Crippen molar-refractivity contribution >= 4 is 5.91 Å². The number of hydrogen-bond donors (Lipinski definition) is 0. The Labute approximate surface area is 152 Å². The van der Waals surface area contributed by atoms with Crippen molar-refractivity contribution in [3.05, 3.63) is 35.9 Å². The van der Waals surface area contributed by atoms with E-state index >= 15 is 0 Å². The maximum absolute atomic E-state index is 12.7. The largest absolute Gasteiger partial charge is 0.345 e. The number of likely N-dealkylation sites (N-methyl/N-ethyl adjacent to an activating group) is 2. The van der Waals surface area contributed by atoms with Crippen molar-refractivity contribution in [1.29, 1.82) is 0 Å². The summed E-state index contributed by atoms with van der Waals surface area (Å²) in [5.41, 5.74) is 1.76. The van der Waals surface area contributed by atoms with E-state index in [2.05, 4.69) is 61.0 Å². The second-order valence-corrected chi connectivity index (χ2v) is 8.65. The summed E-state index contributed by atoms with van der Waals surface area (Å²) in [5.74, 6) is 0.275. The van der Waals surface area contributed by atoms with Gasteiger partial charge in [-0.2, -0.15) is 0 Å². The van der Waals surface area contributed by atoms with E-state index in [1.54, 1.807) is 0 Å². The van der Waals surface area contributed by atoms with Gasteiger partial charge in [0.05, 0.1) is 0 Å². The molecular weight excluding hydrogens is 310 g/mol. The number of benzene rings is 1. The van der Waals surface area contributed by atoms with Crippen LogP contribution in [0.2, 0.25) is 0 Å². The highest BCUT2D eigenvalue weighted by Gasteiger charge is 2.62. The molecule has 0 bridgehead atoms. The highest BCUT2D eigenvalue weighted by molar-refractivity contribution is 5.76. The third-order valence-electron chi connectivity index (χ3n) is 6.41. The minimum Gasteiger partial charge on any atom is -0.345 e. The quantitative estimate of drug-likeness (QED) is 0.794. The number of carbonyl (C=O) groups is 1. The van der Waals surface area contributed by atoms with Crippen molar-refractivity contribution in [2.24, 2.45) is 5.41 Å². The van der Waals surface area contributed by atoms with Gasteiger partial charge in [-0.15, -0.1) is 0 Å². The molecule has 138 valence electrons. The zero-order valence-corrected chi connectivity index (χ0v) is 16.3. The summed E-state index contributed by atoms with van der Waals surface area (Å²) in [7, 11) is 4.14. The Balaban J connectivity index is 1.55. The van der Waals surface area contributed by atoms with Crippen LogP contribution in [-0.2, 0) is 10.2 Å². The molecule has 2 fully saturated rings. The lowest BCUT2D eigenvalue weighted by atomic mass is 9.87. The maximum Gasteiger partial charge on any atom is 0.223 e. The van der Waals surface area contributed by atoms with E-state index in [-0.39, 0.29) is 16.7 Å². The van der Waals surface area contributed by atoms with E-state index < -0.39 is 0 Å². The van der Waals surface area contributed by atoms with Crippen LogP contribution in [-0.4, -0.2) is 74.0 Å². The summed E-state index contributed by atoms with van der Waals surface area (Å²) < 4.78 is 0. The zero-order valence-electron chi connectivity index (χ0n) is 16.3. The first-order valence-corrected chi connectivity index (χ1v) is 9.54. The molecule has 0 N–H and O–H groups in total. The molecule has 1 heterocycles. The molecule has 1 aromatic carbocycles. The highest BCUT2D eigenvalue weighted by Crippen LogP contribution is 2.64. The van der Waals surface area contributed by atoms with Crippen LogP contribution in [0.5, 0.6) is 0 Å². The topological polar surface area (TPSA) is 26.8 Å². The van der Waals surface area contributed by atoms with Gasteiger partial charge < -0.3 is 14.7 Å². The van der Waals surface area contributed by atoms with Gasteiger partial charge in [-0.3, -0.25) is 4.79 Å². The minimum atomic E-state index is 0.118. The molecule has 1 aliphatic heterocycles. The predicted molar refractivity (Wildman–Crippen MR) is 103 cm³/mol. The average molecular weight is 344 g/mol. The second kappa shape index (κ2) is 7.08. The van der Waals surface area contributed by atoms with Crippen molar-refractivity contribution in [2.45, 2.75) is 32.1 Å². The van der Waals surface area contributed by atoms with Gasteiger partial charge in [0.25, 0.3) is 0 Å². The SMILES string of the molecule is CN1CCN(CCC(=O)N(C)C[C@]2(c3ccccc3)CC2(C)C)CC1. The van der Waals surface area contributed by atoms with Gasteiger partial charge in [-0.05, 0) is 24.4 Å². The Hall–Kier alpha value is -1.39. The maximum atomic E-state index is 12.7. The standard InChI is InChI=1S/C21H33N3O/c1-20(2)16-21(20,18-8-6-5-7-9-18)17-23(4)19(25)10-11-24-14-12-22(3)13-15-24/h5-9H,10-17H2,1-4H3/t21-/m0/s1. The van der Waals surface area contributed by atoms with E-state index in [1.807, 2.05) is 11.9 Å². The van der Waals surface area contributed by atoms with Crippen LogP contribution in [0.25, 0.3) is 0 Å². The molecule has 0 spiro atoms. The minimum absolute atomic E-state index is 0.118. The molecule has 1 saturated heterocycles. The van der Waals surface area contributed by atoms with Crippen molar-refractivity contribution < 1.29 is 4.79 Å². The van der Waals surface area contributed by atoms with Crippen LogP contribution in [0.3, 0.4) is 0 Å². The number of piperazine rings is 1. The Bertz CT molecular complexity index is 592. The first kappa shape index (κ1) is 18.4. The normalized spacial score (nSPS) is 26.4. The lowest BCUT2D eigenvalue weighted by Crippen LogP contribution is -2.46. The smallest absolute Gasteiger partial charge is 0.223 e. The highest BCUT2D eigenvalue weighted by atomic mass is 16.2. The zero-order chi connectivity index (χ0) is 18.1. The number of rotatable bonds is 6. The van der Waals surface area contributed by atoms with Crippen LogP contribution in [0.4, 0.5) is 0 Å². The molecule has 0 radical (unpaired) electrons. The van der Waals surface area contributed by atoms with E-state index in [1.165, 1.54) is 5.56 Å². The van der Waals surface area contributed by atoms with Gasteiger partial charge in [0, 0.05) is 58.2 Å². The fourth-order valence-corrected chi connectivity index (χ4v) is 4.33. The van der Waals surface area contributed by atoms with E-state index in [0.29, 0.717) is 6.42 Å². The van der Waals surface area contributed by atoms with Crippen molar-refractivity contribution in [2.75, 3.05) is 53.4 Å². The van der Waals surface area contributed by atoms with Gasteiger partial charge in [0.2, 0.25) is 5.91 Å². The Morgan fingerprint density at radius 1 is 1.12 bits per heavy atom. The average Bonchev–Trinajstić information content (AvgIpc) is 3.16. The Kier molecular flexibility index (Phi) is 5.21. The van der Waals surface area contributed by atoms with E-state index in [0.717, 1.165) is 45.7 Å². The van der Waals surface area contributed by atoms with Gasteiger partial charge >= 0.3 is 0 Å². The number of hydrogen-bond acceptors (Lipinski definition) is 3. The Morgan fingerprint density at radius 2 is 1.72 bits per heavy atom. The molecule has 1 atom stereocenters. The second-order valence-electron chi connectivity index (χ2n) is 8.65. The molecule has 1 aromatic rings. The lowest BCUT2D eigenvalue weighted by molar-refractivity contribution is -0.130. The van der Waals surface area contributed by atoms with Crippen LogP contribution in [0.15, 0.2) is 30.3 Å². The number of nitrogens with zero attached hydrogens (tertiary/aromatic N) is 3. The summed E-state index contributed by atoms with van der Waals surface area (Å²) in [6, 6.07) is 10.7. The summed E-state index contributed by atoms with van der Waals surface area (Å²) in [6.07, 6.45) is 1.78. The molecule has 25 heavy (non-hydrogen) atoms. The third kappa shape index (κ3) is 3.90. The van der Waals surface area contributed by atoms with Crippen molar-refractivity contribution in [3.63, 3.8) is 0 Å². The summed E-state index contributed by atoms with van der Waals surface area (Å²) in [5, 5.41) is 0. The number of carbonyl (C=O) groups excluding carboxylic acids is 1. The summed E-state index contributed by atoms with van der Waals surface area (Å²) in [4.78, 5) is 19.4. The molecule has 1 aliphatic carbocycles. The molecule has 0 unspecified atom stereocenters. The third-order valence-corrected chi connectivity index (χ3v) is 6.41. The van der Waals surface area contributed by atoms with E-state index in [4.69, 9.17) is 0 Å². The van der Waals surface area contributed by atoms with Crippen molar-refractivity contribution in [3.8, 4) is 0 Å². The molecule has 1 amide bonds.